The second-order valence-electron chi connectivity index (χ2n) is 5.30. The molecular weight excluding hydrogens is 354 g/mol. The summed E-state index contributed by atoms with van der Waals surface area (Å²) in [6.45, 7) is 3.33. The van der Waals surface area contributed by atoms with Crippen molar-refractivity contribution in [3.63, 3.8) is 0 Å². The molecule has 0 bridgehead atoms. The van der Waals surface area contributed by atoms with E-state index in [0.717, 1.165) is 28.6 Å². The first kappa shape index (κ1) is 17.5. The van der Waals surface area contributed by atoms with Crippen LogP contribution in [0.15, 0.2) is 53.0 Å². The smallest absolute Gasteiger partial charge is 0.224 e. The van der Waals surface area contributed by atoms with E-state index in [0.29, 0.717) is 19.6 Å². The van der Waals surface area contributed by atoms with Crippen molar-refractivity contribution in [3.05, 3.63) is 64.1 Å². The van der Waals surface area contributed by atoms with Crippen LogP contribution in [0.1, 0.15) is 24.5 Å². The monoisotopic (exact) mass is 375 g/mol. The molecular formula is C19H22BrNO2. The molecule has 0 fully saturated rings. The summed E-state index contributed by atoms with van der Waals surface area (Å²) in [4.78, 5) is 12.0. The van der Waals surface area contributed by atoms with Crippen LogP contribution >= 0.6 is 15.9 Å². The van der Waals surface area contributed by atoms with Gasteiger partial charge in [-0.25, -0.2) is 0 Å². The lowest BCUT2D eigenvalue weighted by Gasteiger charge is -2.10. The fraction of sp³-hybridized carbons (Fsp3) is 0.316. The van der Waals surface area contributed by atoms with Crippen LogP contribution in [0.3, 0.4) is 0 Å². The number of hydrogen-bond acceptors (Lipinski definition) is 2. The standard InChI is InChI=1S/C19H22BrNO2/c1-2-23-18-11-4-3-8-16(18)9-6-12-21-19(22)14-15-7-5-10-17(20)13-15/h3-5,7-8,10-11,13H,2,6,9,12,14H2,1H3,(H,21,22). The number of ether oxygens (including phenoxy) is 1. The second kappa shape index (κ2) is 9.36. The summed E-state index contributed by atoms with van der Waals surface area (Å²) in [5.41, 5.74) is 2.20. The quantitative estimate of drug-likeness (QED) is 0.704. The molecule has 1 N–H and O–H groups in total. The number of halogens is 1. The van der Waals surface area contributed by atoms with Crippen LogP contribution < -0.4 is 10.1 Å². The molecule has 2 rings (SSSR count). The number of carbonyl (C=O) groups excluding carboxylic acids is 1. The molecule has 0 spiro atoms. The van der Waals surface area contributed by atoms with Gasteiger partial charge in [0, 0.05) is 11.0 Å². The highest BCUT2D eigenvalue weighted by Gasteiger charge is 2.05. The predicted octanol–water partition coefficient (Wildman–Crippen LogP) is 4.14. The zero-order valence-electron chi connectivity index (χ0n) is 13.3. The van der Waals surface area contributed by atoms with Crippen molar-refractivity contribution in [2.45, 2.75) is 26.2 Å². The third-order valence-electron chi connectivity index (χ3n) is 3.47. The summed E-state index contributed by atoms with van der Waals surface area (Å²) in [6, 6.07) is 15.9. The van der Waals surface area contributed by atoms with Crippen molar-refractivity contribution < 1.29 is 9.53 Å². The number of aryl methyl sites for hydroxylation is 1. The van der Waals surface area contributed by atoms with Crippen molar-refractivity contribution in [1.82, 2.24) is 5.32 Å². The second-order valence-corrected chi connectivity index (χ2v) is 6.22. The fourth-order valence-electron chi connectivity index (χ4n) is 2.41. The van der Waals surface area contributed by atoms with Gasteiger partial charge >= 0.3 is 0 Å². The van der Waals surface area contributed by atoms with Gasteiger partial charge in [-0.05, 0) is 49.1 Å². The minimum Gasteiger partial charge on any atom is -0.494 e. The SMILES string of the molecule is CCOc1ccccc1CCCNC(=O)Cc1cccc(Br)c1. The summed E-state index contributed by atoms with van der Waals surface area (Å²) in [5.74, 6) is 0.997. The van der Waals surface area contributed by atoms with Crippen molar-refractivity contribution >= 4 is 21.8 Å². The summed E-state index contributed by atoms with van der Waals surface area (Å²) in [7, 11) is 0. The first-order chi connectivity index (χ1) is 11.2. The Morgan fingerprint density at radius 2 is 2.00 bits per heavy atom. The van der Waals surface area contributed by atoms with E-state index in [4.69, 9.17) is 4.74 Å². The number of rotatable bonds is 8. The molecule has 0 saturated carbocycles. The molecule has 2 aromatic carbocycles. The predicted molar refractivity (Wildman–Crippen MR) is 96.8 cm³/mol. The normalized spacial score (nSPS) is 10.3. The van der Waals surface area contributed by atoms with Crippen LogP contribution in [-0.2, 0) is 17.6 Å². The molecule has 0 aliphatic rings. The van der Waals surface area contributed by atoms with E-state index in [1.54, 1.807) is 0 Å². The molecule has 4 heteroatoms. The summed E-state index contributed by atoms with van der Waals surface area (Å²) in [6.07, 6.45) is 2.20. The number of carbonyl (C=O) groups is 1. The maximum atomic E-state index is 12.0. The average Bonchev–Trinajstić information content (AvgIpc) is 2.53. The lowest BCUT2D eigenvalue weighted by Crippen LogP contribution is -2.26. The van der Waals surface area contributed by atoms with Crippen LogP contribution in [0.25, 0.3) is 0 Å². The largest absolute Gasteiger partial charge is 0.494 e. The fourth-order valence-corrected chi connectivity index (χ4v) is 2.85. The van der Waals surface area contributed by atoms with Gasteiger partial charge in [0.15, 0.2) is 0 Å². The van der Waals surface area contributed by atoms with Crippen molar-refractivity contribution in [2.24, 2.45) is 0 Å². The number of hydrogen-bond donors (Lipinski definition) is 1. The summed E-state index contributed by atoms with van der Waals surface area (Å²) in [5, 5.41) is 2.98. The van der Waals surface area contributed by atoms with Gasteiger partial charge in [-0.15, -0.1) is 0 Å². The molecule has 23 heavy (non-hydrogen) atoms. The van der Waals surface area contributed by atoms with E-state index >= 15 is 0 Å². The Bertz CT molecular complexity index is 643. The lowest BCUT2D eigenvalue weighted by atomic mass is 10.1. The maximum Gasteiger partial charge on any atom is 0.224 e. The third-order valence-corrected chi connectivity index (χ3v) is 3.96. The molecule has 0 atom stereocenters. The Hall–Kier alpha value is -1.81. The van der Waals surface area contributed by atoms with Gasteiger partial charge in [-0.2, -0.15) is 0 Å². The molecule has 0 radical (unpaired) electrons. The summed E-state index contributed by atoms with van der Waals surface area (Å²) >= 11 is 3.42. The first-order valence-electron chi connectivity index (χ1n) is 7.91. The van der Waals surface area contributed by atoms with E-state index in [2.05, 4.69) is 27.3 Å². The van der Waals surface area contributed by atoms with Gasteiger partial charge in [-0.3, -0.25) is 4.79 Å². The van der Waals surface area contributed by atoms with Gasteiger partial charge < -0.3 is 10.1 Å². The highest BCUT2D eigenvalue weighted by molar-refractivity contribution is 9.10. The zero-order chi connectivity index (χ0) is 16.5. The molecule has 0 aliphatic carbocycles. The van der Waals surface area contributed by atoms with Gasteiger partial charge in [0.25, 0.3) is 0 Å². The highest BCUT2D eigenvalue weighted by atomic mass is 79.9. The Balaban J connectivity index is 1.74. The van der Waals surface area contributed by atoms with Gasteiger partial charge in [0.05, 0.1) is 13.0 Å². The Morgan fingerprint density at radius 3 is 2.78 bits per heavy atom. The Labute approximate surface area is 146 Å². The van der Waals surface area contributed by atoms with E-state index in [1.807, 2.05) is 49.4 Å². The van der Waals surface area contributed by atoms with Crippen molar-refractivity contribution in [1.29, 1.82) is 0 Å². The van der Waals surface area contributed by atoms with E-state index in [1.165, 1.54) is 5.56 Å². The number of benzene rings is 2. The third kappa shape index (κ3) is 6.06. The molecule has 1 amide bonds. The molecule has 0 saturated heterocycles. The molecule has 122 valence electrons. The Morgan fingerprint density at radius 1 is 1.17 bits per heavy atom. The Kier molecular flexibility index (Phi) is 7.14. The van der Waals surface area contributed by atoms with Crippen LogP contribution in [0.4, 0.5) is 0 Å². The minimum atomic E-state index is 0.0567. The molecule has 0 heterocycles. The van der Waals surface area contributed by atoms with Gasteiger partial charge in [-0.1, -0.05) is 46.3 Å². The number of amides is 1. The minimum absolute atomic E-state index is 0.0567. The molecule has 0 aromatic heterocycles. The maximum absolute atomic E-state index is 12.0. The lowest BCUT2D eigenvalue weighted by molar-refractivity contribution is -0.120. The number of nitrogens with one attached hydrogen (secondary N) is 1. The molecule has 2 aromatic rings. The van der Waals surface area contributed by atoms with Gasteiger partial charge in [0.2, 0.25) is 5.91 Å². The highest BCUT2D eigenvalue weighted by Crippen LogP contribution is 2.19. The van der Waals surface area contributed by atoms with Crippen molar-refractivity contribution in [2.75, 3.05) is 13.2 Å². The molecule has 3 nitrogen and oxygen atoms in total. The van der Waals surface area contributed by atoms with Crippen LogP contribution in [0.5, 0.6) is 5.75 Å². The van der Waals surface area contributed by atoms with Crippen molar-refractivity contribution in [3.8, 4) is 5.75 Å². The summed E-state index contributed by atoms with van der Waals surface area (Å²) < 4.78 is 6.61. The molecule has 0 unspecified atom stereocenters. The van der Waals surface area contributed by atoms with Gasteiger partial charge in [0.1, 0.15) is 5.75 Å². The van der Waals surface area contributed by atoms with Crippen LogP contribution in [0.2, 0.25) is 0 Å². The topological polar surface area (TPSA) is 38.3 Å². The van der Waals surface area contributed by atoms with Crippen LogP contribution in [0, 0.1) is 0 Å². The first-order valence-corrected chi connectivity index (χ1v) is 8.70. The molecule has 0 aliphatic heterocycles. The average molecular weight is 376 g/mol. The van der Waals surface area contributed by atoms with E-state index in [9.17, 15) is 4.79 Å². The van der Waals surface area contributed by atoms with Crippen LogP contribution in [-0.4, -0.2) is 19.1 Å². The van der Waals surface area contributed by atoms with E-state index in [-0.39, 0.29) is 5.91 Å². The number of para-hydroxylation sites is 1. The van der Waals surface area contributed by atoms with E-state index < -0.39 is 0 Å². The zero-order valence-corrected chi connectivity index (χ0v) is 14.9.